The lowest BCUT2D eigenvalue weighted by molar-refractivity contribution is 0.430. The number of hydrogen-bond acceptors (Lipinski definition) is 3. The molecule has 1 heterocycles. The molecule has 0 amide bonds. The molecule has 0 fully saturated rings. The summed E-state index contributed by atoms with van der Waals surface area (Å²) < 4.78 is 18.0. The Balaban J connectivity index is 2.33. The average Bonchev–Trinajstić information content (AvgIpc) is 2.82. The molecule has 0 radical (unpaired) electrons. The molecule has 0 aliphatic rings. The van der Waals surface area contributed by atoms with Crippen molar-refractivity contribution in [3.8, 4) is 11.5 Å². The van der Waals surface area contributed by atoms with Crippen LogP contribution in [0.5, 0.6) is 0 Å². The van der Waals surface area contributed by atoms with E-state index in [1.807, 2.05) is 0 Å². The summed E-state index contributed by atoms with van der Waals surface area (Å²) in [6, 6.07) is 6.83. The minimum Gasteiger partial charge on any atom is -0.334 e. The maximum absolute atomic E-state index is 13.1. The quantitative estimate of drug-likeness (QED) is 0.754. The van der Waals surface area contributed by atoms with Gasteiger partial charge in [-0.2, -0.15) is 4.98 Å². The molecule has 0 bridgehead atoms. The first kappa shape index (κ1) is 9.58. The molecule has 2 rings (SSSR count). The van der Waals surface area contributed by atoms with Gasteiger partial charge in [0.05, 0.1) is 0 Å². The van der Waals surface area contributed by atoms with Gasteiger partial charge in [0.1, 0.15) is 5.83 Å². The predicted molar refractivity (Wildman–Crippen MR) is 54.5 cm³/mol. The van der Waals surface area contributed by atoms with Gasteiger partial charge in [0.25, 0.3) is 5.89 Å². The van der Waals surface area contributed by atoms with E-state index < -0.39 is 0 Å². The molecule has 0 aliphatic heterocycles. The van der Waals surface area contributed by atoms with Crippen molar-refractivity contribution < 1.29 is 8.91 Å². The van der Waals surface area contributed by atoms with Crippen molar-refractivity contribution in [2.75, 3.05) is 0 Å². The third kappa shape index (κ3) is 1.93. The maximum Gasteiger partial charge on any atom is 0.257 e. The summed E-state index contributed by atoms with van der Waals surface area (Å²) in [5.74, 6) is 0.189. The van der Waals surface area contributed by atoms with Gasteiger partial charge in [-0.15, -0.1) is 0 Å². The monoisotopic (exact) mass is 204 g/mol. The van der Waals surface area contributed by atoms with E-state index in [1.54, 1.807) is 31.2 Å². The third-order valence-corrected chi connectivity index (χ3v) is 2.02. The minimum absolute atomic E-state index is 0.243. The van der Waals surface area contributed by atoms with Crippen LogP contribution < -0.4 is 0 Å². The third-order valence-electron chi connectivity index (χ3n) is 2.02. The normalized spacial score (nSPS) is 11.7. The molecule has 0 spiro atoms. The summed E-state index contributed by atoms with van der Waals surface area (Å²) in [7, 11) is 0. The first-order valence-corrected chi connectivity index (χ1v) is 4.50. The summed E-state index contributed by atoms with van der Waals surface area (Å²) in [6.45, 7) is 1.65. The Hall–Kier alpha value is -1.97. The van der Waals surface area contributed by atoms with Crippen molar-refractivity contribution >= 4 is 5.83 Å². The SMILES string of the molecule is C/C=C(\F)c1ccc(-c2ncno2)cc1. The second-order valence-corrected chi connectivity index (χ2v) is 2.96. The van der Waals surface area contributed by atoms with Crippen LogP contribution in [0.15, 0.2) is 41.2 Å². The lowest BCUT2D eigenvalue weighted by Gasteiger charge is -1.98. The van der Waals surface area contributed by atoms with Crippen LogP contribution in [0.2, 0.25) is 0 Å². The van der Waals surface area contributed by atoms with Crippen LogP contribution in [-0.4, -0.2) is 10.1 Å². The highest BCUT2D eigenvalue weighted by molar-refractivity contribution is 5.63. The Morgan fingerprint density at radius 1 is 1.33 bits per heavy atom. The van der Waals surface area contributed by atoms with E-state index in [9.17, 15) is 4.39 Å². The largest absolute Gasteiger partial charge is 0.334 e. The number of aromatic nitrogens is 2. The van der Waals surface area contributed by atoms with Crippen LogP contribution in [0.4, 0.5) is 4.39 Å². The molecule has 0 atom stereocenters. The molecule has 0 saturated heterocycles. The molecule has 0 aliphatic carbocycles. The van der Waals surface area contributed by atoms with Gasteiger partial charge in [-0.1, -0.05) is 23.4 Å². The molecule has 4 heteroatoms. The molecular weight excluding hydrogens is 195 g/mol. The molecule has 0 N–H and O–H groups in total. The number of hydrogen-bond donors (Lipinski definition) is 0. The van der Waals surface area contributed by atoms with Crippen molar-refractivity contribution in [3.05, 3.63) is 42.2 Å². The van der Waals surface area contributed by atoms with E-state index in [1.165, 1.54) is 12.4 Å². The van der Waals surface area contributed by atoms with Crippen LogP contribution in [0.3, 0.4) is 0 Å². The zero-order valence-electron chi connectivity index (χ0n) is 8.14. The van der Waals surface area contributed by atoms with Gasteiger partial charge in [0.15, 0.2) is 6.33 Å². The van der Waals surface area contributed by atoms with Gasteiger partial charge in [-0.25, -0.2) is 4.39 Å². The zero-order valence-corrected chi connectivity index (χ0v) is 8.14. The lowest BCUT2D eigenvalue weighted by atomic mass is 10.1. The fourth-order valence-corrected chi connectivity index (χ4v) is 1.24. The first-order valence-electron chi connectivity index (χ1n) is 4.50. The lowest BCUT2D eigenvalue weighted by Crippen LogP contribution is -1.80. The predicted octanol–water partition coefficient (Wildman–Crippen LogP) is 3.07. The minimum atomic E-state index is -0.243. The van der Waals surface area contributed by atoms with E-state index in [0.29, 0.717) is 11.5 Å². The van der Waals surface area contributed by atoms with E-state index >= 15 is 0 Å². The summed E-state index contributed by atoms with van der Waals surface area (Å²) in [5, 5.41) is 3.50. The van der Waals surface area contributed by atoms with E-state index in [0.717, 1.165) is 5.56 Å². The van der Waals surface area contributed by atoms with Crippen LogP contribution >= 0.6 is 0 Å². The molecular formula is C11H9FN2O. The Morgan fingerprint density at radius 3 is 2.60 bits per heavy atom. The number of allylic oxidation sites excluding steroid dienone is 1. The van der Waals surface area contributed by atoms with Crippen molar-refractivity contribution in [3.63, 3.8) is 0 Å². The molecule has 76 valence electrons. The Kier molecular flexibility index (Phi) is 2.58. The second-order valence-electron chi connectivity index (χ2n) is 2.96. The average molecular weight is 204 g/mol. The van der Waals surface area contributed by atoms with Crippen molar-refractivity contribution in [2.45, 2.75) is 6.92 Å². The summed E-state index contributed by atoms with van der Waals surface area (Å²) >= 11 is 0. The van der Waals surface area contributed by atoms with E-state index in [-0.39, 0.29) is 5.83 Å². The first-order chi connectivity index (χ1) is 7.31. The summed E-state index contributed by atoms with van der Waals surface area (Å²) in [6.07, 6.45) is 2.75. The van der Waals surface area contributed by atoms with Gasteiger partial charge >= 0.3 is 0 Å². The second kappa shape index (κ2) is 4.04. The molecule has 1 aromatic carbocycles. The molecule has 1 aromatic heterocycles. The number of nitrogens with zero attached hydrogens (tertiary/aromatic N) is 2. The summed E-state index contributed by atoms with van der Waals surface area (Å²) in [5.41, 5.74) is 1.32. The molecule has 3 nitrogen and oxygen atoms in total. The van der Waals surface area contributed by atoms with Gasteiger partial charge in [-0.3, -0.25) is 0 Å². The maximum atomic E-state index is 13.1. The van der Waals surface area contributed by atoms with E-state index in [4.69, 9.17) is 4.52 Å². The van der Waals surface area contributed by atoms with Gasteiger partial charge in [0, 0.05) is 11.1 Å². The highest BCUT2D eigenvalue weighted by atomic mass is 19.1. The number of rotatable bonds is 2. The van der Waals surface area contributed by atoms with Crippen LogP contribution in [0.1, 0.15) is 12.5 Å². The van der Waals surface area contributed by atoms with Crippen molar-refractivity contribution in [2.24, 2.45) is 0 Å². The Morgan fingerprint density at radius 2 is 2.07 bits per heavy atom. The topological polar surface area (TPSA) is 38.9 Å². The molecule has 0 saturated carbocycles. The fraction of sp³-hybridized carbons (Fsp3) is 0.0909. The van der Waals surface area contributed by atoms with Crippen LogP contribution in [-0.2, 0) is 0 Å². The smallest absolute Gasteiger partial charge is 0.257 e. The van der Waals surface area contributed by atoms with Crippen LogP contribution in [0, 0.1) is 0 Å². The highest BCUT2D eigenvalue weighted by Gasteiger charge is 2.04. The molecule has 0 unspecified atom stereocenters. The Bertz CT molecular complexity index is 460. The standard InChI is InChI=1S/C11H9FN2O/c1-2-10(12)8-3-5-9(6-4-8)11-13-7-14-15-11/h2-7H,1H3/b10-2-. The highest BCUT2D eigenvalue weighted by Crippen LogP contribution is 2.21. The van der Waals surface area contributed by atoms with E-state index in [2.05, 4.69) is 10.1 Å². The molecule has 2 aromatic rings. The number of benzene rings is 1. The Labute approximate surface area is 86.2 Å². The number of halogens is 1. The fourth-order valence-electron chi connectivity index (χ4n) is 1.24. The van der Waals surface area contributed by atoms with Gasteiger partial charge < -0.3 is 4.52 Å². The zero-order chi connectivity index (χ0) is 10.7. The summed E-state index contributed by atoms with van der Waals surface area (Å²) in [4.78, 5) is 3.90. The van der Waals surface area contributed by atoms with Gasteiger partial charge in [0.2, 0.25) is 0 Å². The van der Waals surface area contributed by atoms with Crippen molar-refractivity contribution in [1.82, 2.24) is 10.1 Å². The molecule has 15 heavy (non-hydrogen) atoms. The van der Waals surface area contributed by atoms with Crippen molar-refractivity contribution in [1.29, 1.82) is 0 Å². The van der Waals surface area contributed by atoms with Crippen LogP contribution in [0.25, 0.3) is 17.3 Å². The van der Waals surface area contributed by atoms with Gasteiger partial charge in [-0.05, 0) is 19.1 Å².